The first-order valence-corrected chi connectivity index (χ1v) is 18.6. The van der Waals surface area contributed by atoms with E-state index in [9.17, 15) is 34.8 Å². The van der Waals surface area contributed by atoms with Gasteiger partial charge in [-0.1, -0.05) is 41.5 Å². The van der Waals surface area contributed by atoms with Crippen molar-refractivity contribution in [3.63, 3.8) is 0 Å². The molecule has 0 spiro atoms. The summed E-state index contributed by atoms with van der Waals surface area (Å²) in [6, 6.07) is 2.76. The summed E-state index contributed by atoms with van der Waals surface area (Å²) < 4.78 is 117. The molecule has 200 valence electrons. The number of rotatable bonds is 16. The molecule has 0 aliphatic heterocycles. The quantitative estimate of drug-likeness (QED) is 0.153. The molecule has 0 radical (unpaired) electrons. The molecule has 0 aliphatic rings. The first kappa shape index (κ1) is 32.9. The van der Waals surface area contributed by atoms with Crippen molar-refractivity contribution in [3.05, 3.63) is 0 Å². The molecule has 13 heteroatoms. The molecule has 0 aliphatic carbocycles. The summed E-state index contributed by atoms with van der Waals surface area (Å²) in [7, 11) is -9.51. The van der Waals surface area contributed by atoms with Gasteiger partial charge < -0.3 is 8.85 Å². The lowest BCUT2D eigenvalue weighted by Gasteiger charge is -2.34. The topological polar surface area (TPSA) is 52.6 Å². The van der Waals surface area contributed by atoms with E-state index in [4.69, 9.17) is 8.85 Å². The molecule has 4 nitrogen and oxygen atoms in total. The molecule has 0 saturated carbocycles. The Morgan fingerprint density at radius 3 is 1.03 bits per heavy atom. The van der Waals surface area contributed by atoms with Crippen molar-refractivity contribution in [3.8, 4) is 0 Å². The van der Waals surface area contributed by atoms with Gasteiger partial charge in [-0.25, -0.2) is 8.42 Å². The molecule has 33 heavy (non-hydrogen) atoms. The summed E-state index contributed by atoms with van der Waals surface area (Å²) in [4.78, 5) is 0. The summed E-state index contributed by atoms with van der Waals surface area (Å²) in [6.07, 6.45) is -15.6. The predicted molar refractivity (Wildman–Crippen MR) is 124 cm³/mol. The lowest BCUT2D eigenvalue weighted by Crippen LogP contribution is -2.47. The molecule has 0 saturated heterocycles. The number of hydrogen-bond acceptors (Lipinski definition) is 4. The molecule has 0 aromatic heterocycles. The maximum atomic E-state index is 13.5. The highest BCUT2D eigenvalue weighted by molar-refractivity contribution is 7.91. The average molecular weight is 547 g/mol. The first-order chi connectivity index (χ1) is 15.0. The minimum Gasteiger partial charge on any atom is -0.405 e. The van der Waals surface area contributed by atoms with Crippen LogP contribution in [0.4, 0.5) is 26.3 Å². The third-order valence-corrected chi connectivity index (χ3v) is 17.8. The van der Waals surface area contributed by atoms with Gasteiger partial charge in [0, 0.05) is 0 Å². The van der Waals surface area contributed by atoms with E-state index in [1.807, 2.05) is 0 Å². The van der Waals surface area contributed by atoms with Crippen LogP contribution in [0.2, 0.25) is 36.3 Å². The third kappa shape index (κ3) is 10.6. The largest absolute Gasteiger partial charge is 0.413 e. The molecule has 0 fully saturated rings. The summed E-state index contributed by atoms with van der Waals surface area (Å²) in [6.45, 7) is 10.5. The highest BCUT2D eigenvalue weighted by Crippen LogP contribution is 2.34. The van der Waals surface area contributed by atoms with Gasteiger partial charge >= 0.3 is 12.4 Å². The molecule has 0 rings (SSSR count). The van der Waals surface area contributed by atoms with Gasteiger partial charge in [-0.2, -0.15) is 26.3 Å². The maximum absolute atomic E-state index is 13.5. The standard InChI is InChI=1S/C20H40F6O4SSi2/c1-7-32(8-2,9-3)29-17(19(21,22)23)13-15-31(27,28)16-14-18(20(24,25)26)30-33(10-4,11-5)12-6/h17-18H,7-16H2,1-6H3/t17-,18-/m1/s1. The van der Waals surface area contributed by atoms with Crippen LogP contribution in [0.15, 0.2) is 0 Å². The van der Waals surface area contributed by atoms with Gasteiger partial charge in [0.2, 0.25) is 0 Å². The Morgan fingerprint density at radius 2 is 0.848 bits per heavy atom. The van der Waals surface area contributed by atoms with Crippen LogP contribution < -0.4 is 0 Å². The van der Waals surface area contributed by atoms with E-state index >= 15 is 0 Å². The van der Waals surface area contributed by atoms with Crippen molar-refractivity contribution in [1.29, 1.82) is 0 Å². The number of alkyl halides is 6. The van der Waals surface area contributed by atoms with E-state index in [2.05, 4.69) is 0 Å². The summed E-state index contributed by atoms with van der Waals surface area (Å²) >= 11 is 0. The molecule has 0 amide bonds. The van der Waals surface area contributed by atoms with Gasteiger partial charge in [0.05, 0.1) is 11.5 Å². The molecule has 0 unspecified atom stereocenters. The zero-order valence-electron chi connectivity index (χ0n) is 20.5. The molecular formula is C20H40F6O4SSi2. The van der Waals surface area contributed by atoms with E-state index in [1.54, 1.807) is 41.5 Å². The number of hydrogen-bond donors (Lipinski definition) is 0. The van der Waals surface area contributed by atoms with E-state index in [1.165, 1.54) is 0 Å². The molecule has 2 atom stereocenters. The molecule has 0 bridgehead atoms. The van der Waals surface area contributed by atoms with E-state index in [-0.39, 0.29) is 0 Å². The molecule has 0 aromatic rings. The Kier molecular flexibility index (Phi) is 13.2. The Morgan fingerprint density at radius 1 is 0.606 bits per heavy atom. The van der Waals surface area contributed by atoms with Crippen molar-refractivity contribution in [1.82, 2.24) is 0 Å². The number of halogens is 6. The van der Waals surface area contributed by atoms with Crippen LogP contribution in [-0.4, -0.2) is 61.1 Å². The van der Waals surface area contributed by atoms with Gasteiger partial charge in [0.15, 0.2) is 26.5 Å². The predicted octanol–water partition coefficient (Wildman–Crippen LogP) is 7.09. The fourth-order valence-corrected chi connectivity index (χ4v) is 10.9. The van der Waals surface area contributed by atoms with Crippen molar-refractivity contribution in [2.45, 2.75) is 115 Å². The third-order valence-electron chi connectivity index (χ3n) is 6.76. The number of sulfone groups is 1. The molecule has 0 heterocycles. The lowest BCUT2D eigenvalue weighted by molar-refractivity contribution is -0.198. The zero-order chi connectivity index (χ0) is 26.1. The van der Waals surface area contributed by atoms with Crippen LogP contribution in [0.25, 0.3) is 0 Å². The fraction of sp³-hybridized carbons (Fsp3) is 1.00. The fourth-order valence-electron chi connectivity index (χ4n) is 3.86. The minimum absolute atomic E-state index is 0.460. The van der Waals surface area contributed by atoms with Crippen LogP contribution in [0, 0.1) is 0 Å². The summed E-state index contributed by atoms with van der Waals surface area (Å²) in [5, 5.41) is 0. The van der Waals surface area contributed by atoms with E-state index in [0.29, 0.717) is 36.3 Å². The van der Waals surface area contributed by atoms with Crippen molar-refractivity contribution < 1.29 is 43.6 Å². The van der Waals surface area contributed by atoms with Crippen molar-refractivity contribution in [2.75, 3.05) is 11.5 Å². The van der Waals surface area contributed by atoms with Gasteiger partial charge in [-0.3, -0.25) is 0 Å². The van der Waals surface area contributed by atoms with E-state index in [0.717, 1.165) is 0 Å². The monoisotopic (exact) mass is 546 g/mol. The summed E-state index contributed by atoms with van der Waals surface area (Å²) in [5.74, 6) is -1.78. The Labute approximate surface area is 197 Å². The van der Waals surface area contributed by atoms with Crippen LogP contribution in [0.1, 0.15) is 54.4 Å². The normalized spacial score (nSPS) is 16.1. The highest BCUT2D eigenvalue weighted by Gasteiger charge is 2.47. The lowest BCUT2D eigenvalue weighted by atomic mass is 10.3. The zero-order valence-corrected chi connectivity index (χ0v) is 23.4. The molecular weight excluding hydrogens is 506 g/mol. The Bertz CT molecular complexity index is 596. The minimum atomic E-state index is -4.75. The van der Waals surface area contributed by atoms with Crippen LogP contribution in [0.5, 0.6) is 0 Å². The van der Waals surface area contributed by atoms with Crippen LogP contribution in [0.3, 0.4) is 0 Å². The Balaban J connectivity index is 5.40. The maximum Gasteiger partial charge on any atom is 0.413 e. The van der Waals surface area contributed by atoms with Gasteiger partial charge in [-0.15, -0.1) is 0 Å². The van der Waals surface area contributed by atoms with Crippen molar-refractivity contribution in [2.24, 2.45) is 0 Å². The van der Waals surface area contributed by atoms with Gasteiger partial charge in [0.1, 0.15) is 12.2 Å². The second kappa shape index (κ2) is 13.3. The van der Waals surface area contributed by atoms with E-state index < -0.39 is 75.4 Å². The van der Waals surface area contributed by atoms with Crippen molar-refractivity contribution >= 4 is 26.5 Å². The smallest absolute Gasteiger partial charge is 0.405 e. The highest BCUT2D eigenvalue weighted by atomic mass is 32.2. The second-order valence-corrected chi connectivity index (χ2v) is 20.3. The molecule has 0 N–H and O–H groups in total. The first-order valence-electron chi connectivity index (χ1n) is 11.7. The average Bonchev–Trinajstić information content (AvgIpc) is 2.73. The van der Waals surface area contributed by atoms with Crippen LogP contribution >= 0.6 is 0 Å². The van der Waals surface area contributed by atoms with Gasteiger partial charge in [0.25, 0.3) is 0 Å². The summed E-state index contributed by atoms with van der Waals surface area (Å²) in [5.41, 5.74) is 0. The SMILES string of the molecule is CC[Si](CC)(CC)O[C@H](CCS(=O)(=O)CC[C@@H](O[Si](CC)(CC)CC)C(F)(F)F)C(F)(F)F. The van der Waals surface area contributed by atoms with Gasteiger partial charge in [-0.05, 0) is 49.1 Å². The molecule has 0 aromatic carbocycles. The Hall–Kier alpha value is -0.116. The van der Waals surface area contributed by atoms with Crippen LogP contribution in [-0.2, 0) is 18.7 Å². The second-order valence-electron chi connectivity index (χ2n) is 8.51.